The minimum absolute atomic E-state index is 0.155. The minimum atomic E-state index is -0.910. The number of phenols is 1. The third-order valence-corrected chi connectivity index (χ3v) is 2.61. The number of aromatic hydroxyl groups is 1. The van der Waals surface area contributed by atoms with E-state index in [0.29, 0.717) is 5.56 Å². The van der Waals surface area contributed by atoms with Gasteiger partial charge in [0.1, 0.15) is 11.9 Å². The molecule has 1 atom stereocenters. The van der Waals surface area contributed by atoms with Crippen molar-refractivity contribution in [1.29, 1.82) is 5.26 Å². The lowest BCUT2D eigenvalue weighted by atomic mass is 10.1. The first-order valence-electron chi connectivity index (χ1n) is 5.51. The molecule has 2 aromatic carbocycles. The van der Waals surface area contributed by atoms with Crippen molar-refractivity contribution in [1.82, 2.24) is 0 Å². The molecule has 0 aliphatic rings. The van der Waals surface area contributed by atoms with E-state index in [1.165, 1.54) is 24.3 Å². The van der Waals surface area contributed by atoms with Gasteiger partial charge in [-0.1, -0.05) is 18.2 Å². The molecule has 2 N–H and O–H groups in total. The number of hydrogen-bond donors (Lipinski definition) is 2. The van der Waals surface area contributed by atoms with Crippen molar-refractivity contribution in [2.24, 2.45) is 0 Å². The van der Waals surface area contributed by atoms with Gasteiger partial charge < -0.3 is 10.4 Å². The molecule has 0 amide bonds. The van der Waals surface area contributed by atoms with Crippen LogP contribution in [0, 0.1) is 23.0 Å². The molecule has 0 aromatic heterocycles. The third-order valence-electron chi connectivity index (χ3n) is 2.61. The van der Waals surface area contributed by atoms with Crippen molar-refractivity contribution in [3.05, 3.63) is 59.7 Å². The Morgan fingerprint density at radius 1 is 1.11 bits per heavy atom. The van der Waals surface area contributed by atoms with Crippen molar-refractivity contribution in [2.45, 2.75) is 6.04 Å². The number of para-hydroxylation sites is 1. The van der Waals surface area contributed by atoms with Gasteiger partial charge in [0.15, 0.2) is 11.6 Å². The van der Waals surface area contributed by atoms with E-state index in [1.807, 2.05) is 6.07 Å². The number of nitrogens with zero attached hydrogens (tertiary/aromatic N) is 1. The zero-order chi connectivity index (χ0) is 13.8. The van der Waals surface area contributed by atoms with Gasteiger partial charge in [-0.15, -0.1) is 0 Å². The van der Waals surface area contributed by atoms with Crippen LogP contribution in [0.5, 0.6) is 5.75 Å². The lowest BCUT2D eigenvalue weighted by molar-refractivity contribution is 0.431. The summed E-state index contributed by atoms with van der Waals surface area (Å²) < 4.78 is 26.7. The Hall–Kier alpha value is -2.61. The fourth-order valence-corrected chi connectivity index (χ4v) is 1.63. The highest BCUT2D eigenvalue weighted by molar-refractivity contribution is 5.49. The first-order valence-corrected chi connectivity index (χ1v) is 5.51. The Morgan fingerprint density at radius 2 is 1.84 bits per heavy atom. The molecule has 0 saturated carbocycles. The summed E-state index contributed by atoms with van der Waals surface area (Å²) in [6, 6.07) is 10.5. The number of rotatable bonds is 3. The van der Waals surface area contributed by atoms with Crippen LogP contribution in [0.4, 0.5) is 14.5 Å². The summed E-state index contributed by atoms with van der Waals surface area (Å²) in [6.45, 7) is 0. The second-order valence-corrected chi connectivity index (χ2v) is 3.90. The summed E-state index contributed by atoms with van der Waals surface area (Å²) in [5.41, 5.74) is 0.462. The molecule has 3 nitrogen and oxygen atoms in total. The van der Waals surface area contributed by atoms with Gasteiger partial charge >= 0.3 is 0 Å². The maximum absolute atomic E-state index is 13.5. The summed E-state index contributed by atoms with van der Waals surface area (Å²) in [6.07, 6.45) is 0. The number of anilines is 1. The normalized spacial score (nSPS) is 11.6. The van der Waals surface area contributed by atoms with Crippen LogP contribution in [0.3, 0.4) is 0 Å². The van der Waals surface area contributed by atoms with Crippen LogP contribution in [0.15, 0.2) is 42.5 Å². The molecule has 2 aromatic rings. The van der Waals surface area contributed by atoms with Gasteiger partial charge in [0.25, 0.3) is 0 Å². The van der Waals surface area contributed by atoms with E-state index in [0.717, 1.165) is 12.1 Å². The molecule has 0 saturated heterocycles. The second kappa shape index (κ2) is 5.36. The van der Waals surface area contributed by atoms with Crippen LogP contribution in [-0.4, -0.2) is 5.11 Å². The zero-order valence-electron chi connectivity index (χ0n) is 9.77. The highest BCUT2D eigenvalue weighted by Crippen LogP contribution is 2.24. The quantitative estimate of drug-likeness (QED) is 0.889. The Morgan fingerprint density at radius 3 is 2.47 bits per heavy atom. The van der Waals surface area contributed by atoms with Gasteiger partial charge in [-0.05, 0) is 29.8 Å². The van der Waals surface area contributed by atoms with Crippen LogP contribution in [0.1, 0.15) is 11.6 Å². The minimum Gasteiger partial charge on any atom is -0.505 e. The van der Waals surface area contributed by atoms with E-state index < -0.39 is 23.4 Å². The molecular weight excluding hydrogens is 250 g/mol. The SMILES string of the molecule is N#CC(Nc1ccccc1F)c1ccc(O)c(F)c1. The molecule has 0 aliphatic heterocycles. The topological polar surface area (TPSA) is 56.0 Å². The number of benzene rings is 2. The van der Waals surface area contributed by atoms with Gasteiger partial charge in [-0.3, -0.25) is 0 Å². The lowest BCUT2D eigenvalue weighted by Gasteiger charge is -2.14. The first-order chi connectivity index (χ1) is 9.11. The van der Waals surface area contributed by atoms with Crippen LogP contribution in [0.2, 0.25) is 0 Å². The summed E-state index contributed by atoms with van der Waals surface area (Å²) in [5, 5.41) is 20.8. The molecule has 0 radical (unpaired) electrons. The first kappa shape index (κ1) is 12.8. The molecule has 19 heavy (non-hydrogen) atoms. The highest BCUT2D eigenvalue weighted by atomic mass is 19.1. The second-order valence-electron chi connectivity index (χ2n) is 3.90. The monoisotopic (exact) mass is 260 g/mol. The standard InChI is InChI=1S/C14H10F2N2O/c15-10-3-1-2-4-12(10)18-13(8-17)9-5-6-14(19)11(16)7-9/h1-7,13,18-19H. The van der Waals surface area contributed by atoms with Crippen molar-refractivity contribution in [2.75, 3.05) is 5.32 Å². The molecule has 5 heteroatoms. The van der Waals surface area contributed by atoms with Gasteiger partial charge in [0.05, 0.1) is 11.8 Å². The van der Waals surface area contributed by atoms with E-state index in [1.54, 1.807) is 6.07 Å². The number of hydrogen-bond acceptors (Lipinski definition) is 3. The maximum Gasteiger partial charge on any atom is 0.165 e. The average Bonchev–Trinajstić information content (AvgIpc) is 2.41. The van der Waals surface area contributed by atoms with E-state index in [9.17, 15) is 8.78 Å². The van der Waals surface area contributed by atoms with E-state index >= 15 is 0 Å². The zero-order valence-corrected chi connectivity index (χ0v) is 9.77. The largest absolute Gasteiger partial charge is 0.505 e. The Kier molecular flexibility index (Phi) is 3.62. The summed E-state index contributed by atoms with van der Waals surface area (Å²) >= 11 is 0. The van der Waals surface area contributed by atoms with Crippen molar-refractivity contribution in [3.63, 3.8) is 0 Å². The molecule has 0 bridgehead atoms. The smallest absolute Gasteiger partial charge is 0.165 e. The summed E-state index contributed by atoms with van der Waals surface area (Å²) in [5.74, 6) is -1.82. The lowest BCUT2D eigenvalue weighted by Crippen LogP contribution is -2.09. The molecule has 0 fully saturated rings. The van der Waals surface area contributed by atoms with Gasteiger partial charge in [0, 0.05) is 0 Å². The number of phenolic OH excluding ortho intramolecular Hbond substituents is 1. The maximum atomic E-state index is 13.5. The molecule has 96 valence electrons. The van der Waals surface area contributed by atoms with Gasteiger partial charge in [-0.2, -0.15) is 5.26 Å². The van der Waals surface area contributed by atoms with Crippen LogP contribution in [0.25, 0.3) is 0 Å². The fraction of sp³-hybridized carbons (Fsp3) is 0.0714. The third kappa shape index (κ3) is 2.80. The molecule has 0 heterocycles. The van der Waals surface area contributed by atoms with E-state index in [-0.39, 0.29) is 5.69 Å². The number of nitrogens with one attached hydrogen (secondary N) is 1. The Bertz CT molecular complexity index is 638. The van der Waals surface area contributed by atoms with Gasteiger partial charge in [0.2, 0.25) is 0 Å². The van der Waals surface area contributed by atoms with Crippen LogP contribution >= 0.6 is 0 Å². The van der Waals surface area contributed by atoms with Crippen molar-refractivity contribution in [3.8, 4) is 11.8 Å². The predicted molar refractivity (Wildman–Crippen MR) is 66.4 cm³/mol. The molecule has 2 rings (SSSR count). The predicted octanol–water partition coefficient (Wildman–Crippen LogP) is 3.35. The molecule has 0 aliphatic carbocycles. The molecular formula is C14H10F2N2O. The van der Waals surface area contributed by atoms with Crippen molar-refractivity contribution < 1.29 is 13.9 Å². The molecule has 1 unspecified atom stereocenters. The van der Waals surface area contributed by atoms with Crippen molar-refractivity contribution >= 4 is 5.69 Å². The van der Waals surface area contributed by atoms with E-state index in [2.05, 4.69) is 5.32 Å². The Labute approximate surface area is 108 Å². The summed E-state index contributed by atoms with van der Waals surface area (Å²) in [7, 11) is 0. The fourth-order valence-electron chi connectivity index (χ4n) is 1.63. The van der Waals surface area contributed by atoms with E-state index in [4.69, 9.17) is 10.4 Å². The molecule has 0 spiro atoms. The van der Waals surface area contributed by atoms with Crippen LogP contribution in [-0.2, 0) is 0 Å². The van der Waals surface area contributed by atoms with Crippen LogP contribution < -0.4 is 5.32 Å². The highest BCUT2D eigenvalue weighted by Gasteiger charge is 2.14. The summed E-state index contributed by atoms with van der Waals surface area (Å²) in [4.78, 5) is 0. The number of nitriles is 1. The average molecular weight is 260 g/mol. The Balaban J connectivity index is 2.28. The van der Waals surface area contributed by atoms with Gasteiger partial charge in [-0.25, -0.2) is 8.78 Å². The number of halogens is 2.